The number of halogens is 1. The highest BCUT2D eigenvalue weighted by Gasteiger charge is 2.37. The first kappa shape index (κ1) is 12.2. The van der Waals surface area contributed by atoms with Gasteiger partial charge >= 0.3 is 5.97 Å². The molecule has 0 spiro atoms. The van der Waals surface area contributed by atoms with Crippen LogP contribution in [0.1, 0.15) is 43.6 Å². The van der Waals surface area contributed by atoms with Gasteiger partial charge in [-0.1, -0.05) is 28.1 Å². The lowest BCUT2D eigenvalue weighted by molar-refractivity contribution is -0.176. The van der Waals surface area contributed by atoms with Crippen molar-refractivity contribution in [3.63, 3.8) is 0 Å². The number of hydrogen-bond acceptors (Lipinski definition) is 2. The summed E-state index contributed by atoms with van der Waals surface area (Å²) in [6, 6.07) is 8.68. The van der Waals surface area contributed by atoms with Crippen LogP contribution in [0.5, 0.6) is 0 Å². The van der Waals surface area contributed by atoms with Gasteiger partial charge in [-0.05, 0) is 55.2 Å². The van der Waals surface area contributed by atoms with E-state index in [1.807, 2.05) is 0 Å². The summed E-state index contributed by atoms with van der Waals surface area (Å²) in [4.78, 5) is 10.8. The molecular formula is C15H17BrO2. The lowest BCUT2D eigenvalue weighted by atomic mass is 9.75. The van der Waals surface area contributed by atoms with Crippen LogP contribution in [0.4, 0.5) is 0 Å². The number of cyclic esters (lactones) is 1. The van der Waals surface area contributed by atoms with Gasteiger partial charge in [0.25, 0.3) is 0 Å². The predicted octanol–water partition coefficient (Wildman–Crippen LogP) is 4.04. The standard InChI is InChI=1S/C15H17BrO2/c16-13-7-5-11(6-8-13)10-1-3-12(4-2-10)14-9-15(17)18-14/h5-8,10,12,14H,1-4,9H2. The van der Waals surface area contributed by atoms with E-state index in [4.69, 9.17) is 4.74 Å². The number of carbonyl (C=O) groups is 1. The van der Waals surface area contributed by atoms with Crippen LogP contribution in [-0.4, -0.2) is 12.1 Å². The molecule has 2 nitrogen and oxygen atoms in total. The monoisotopic (exact) mass is 308 g/mol. The van der Waals surface area contributed by atoms with E-state index in [9.17, 15) is 4.79 Å². The smallest absolute Gasteiger partial charge is 0.309 e. The molecule has 1 unspecified atom stereocenters. The summed E-state index contributed by atoms with van der Waals surface area (Å²) in [5.41, 5.74) is 1.45. The maximum absolute atomic E-state index is 10.8. The zero-order valence-corrected chi connectivity index (χ0v) is 11.9. The van der Waals surface area contributed by atoms with Gasteiger partial charge < -0.3 is 4.74 Å². The summed E-state index contributed by atoms with van der Waals surface area (Å²) >= 11 is 3.47. The zero-order chi connectivity index (χ0) is 12.5. The third kappa shape index (κ3) is 2.46. The minimum Gasteiger partial charge on any atom is -0.461 e. The van der Waals surface area contributed by atoms with Crippen LogP contribution < -0.4 is 0 Å². The second kappa shape index (κ2) is 5.04. The molecule has 1 aliphatic carbocycles. The predicted molar refractivity (Wildman–Crippen MR) is 73.3 cm³/mol. The molecule has 0 amide bonds. The second-order valence-electron chi connectivity index (χ2n) is 5.40. The van der Waals surface area contributed by atoms with Gasteiger partial charge in [-0.3, -0.25) is 4.79 Å². The highest BCUT2D eigenvalue weighted by atomic mass is 79.9. The Morgan fingerprint density at radius 1 is 1.06 bits per heavy atom. The Morgan fingerprint density at radius 3 is 2.22 bits per heavy atom. The molecule has 0 bridgehead atoms. The molecule has 1 aliphatic heterocycles. The van der Waals surface area contributed by atoms with Crippen LogP contribution in [0.15, 0.2) is 28.7 Å². The molecule has 18 heavy (non-hydrogen) atoms. The summed E-state index contributed by atoms with van der Waals surface area (Å²) in [6.07, 6.45) is 5.70. The lowest BCUT2D eigenvalue weighted by Gasteiger charge is -2.37. The van der Waals surface area contributed by atoms with Crippen molar-refractivity contribution in [2.75, 3.05) is 0 Å². The van der Waals surface area contributed by atoms with E-state index in [0.717, 1.165) is 4.47 Å². The Bertz CT molecular complexity index is 424. The fraction of sp³-hybridized carbons (Fsp3) is 0.533. The number of esters is 1. The Kier molecular flexibility index (Phi) is 3.42. The van der Waals surface area contributed by atoms with E-state index in [-0.39, 0.29) is 12.1 Å². The summed E-state index contributed by atoms with van der Waals surface area (Å²) in [5.74, 6) is 1.27. The van der Waals surface area contributed by atoms with Crippen LogP contribution in [0.25, 0.3) is 0 Å². The maximum Gasteiger partial charge on any atom is 0.309 e. The SMILES string of the molecule is O=C1CC(C2CCC(c3ccc(Br)cc3)CC2)O1. The average Bonchev–Trinajstić information content (AvgIpc) is 2.36. The Morgan fingerprint density at radius 2 is 1.67 bits per heavy atom. The molecule has 0 radical (unpaired) electrons. The van der Waals surface area contributed by atoms with Crippen LogP contribution in [0.3, 0.4) is 0 Å². The highest BCUT2D eigenvalue weighted by Crippen LogP contribution is 2.40. The van der Waals surface area contributed by atoms with Crippen molar-refractivity contribution in [2.24, 2.45) is 5.92 Å². The summed E-state index contributed by atoms with van der Waals surface area (Å²) < 4.78 is 6.33. The van der Waals surface area contributed by atoms with Crippen molar-refractivity contribution in [1.82, 2.24) is 0 Å². The first-order valence-electron chi connectivity index (χ1n) is 6.67. The summed E-state index contributed by atoms with van der Waals surface area (Å²) in [6.45, 7) is 0. The van der Waals surface area contributed by atoms with Crippen molar-refractivity contribution in [3.05, 3.63) is 34.3 Å². The summed E-state index contributed by atoms with van der Waals surface area (Å²) in [7, 11) is 0. The number of rotatable bonds is 2. The molecule has 2 aliphatic rings. The zero-order valence-electron chi connectivity index (χ0n) is 10.3. The quantitative estimate of drug-likeness (QED) is 0.771. The molecular weight excluding hydrogens is 292 g/mol. The van der Waals surface area contributed by atoms with Gasteiger partial charge in [0.1, 0.15) is 6.10 Å². The van der Waals surface area contributed by atoms with Crippen molar-refractivity contribution >= 4 is 21.9 Å². The molecule has 3 heteroatoms. The first-order chi connectivity index (χ1) is 8.72. The molecule has 96 valence electrons. The fourth-order valence-electron chi connectivity index (χ4n) is 3.15. The molecule has 1 saturated heterocycles. The fourth-order valence-corrected chi connectivity index (χ4v) is 3.41. The molecule has 1 saturated carbocycles. The number of carbonyl (C=O) groups excluding carboxylic acids is 1. The third-order valence-corrected chi connectivity index (χ3v) is 4.82. The Labute approximate surface area is 116 Å². The van der Waals surface area contributed by atoms with Crippen LogP contribution in [0, 0.1) is 5.92 Å². The molecule has 0 N–H and O–H groups in total. The van der Waals surface area contributed by atoms with E-state index in [1.54, 1.807) is 0 Å². The van der Waals surface area contributed by atoms with Gasteiger partial charge in [0.2, 0.25) is 0 Å². The number of hydrogen-bond donors (Lipinski definition) is 0. The molecule has 1 aromatic carbocycles. The molecule has 1 atom stereocenters. The maximum atomic E-state index is 10.8. The highest BCUT2D eigenvalue weighted by molar-refractivity contribution is 9.10. The molecule has 1 aromatic rings. The van der Waals surface area contributed by atoms with Gasteiger partial charge in [0.05, 0.1) is 6.42 Å². The molecule has 2 fully saturated rings. The molecule has 1 heterocycles. The van der Waals surface area contributed by atoms with E-state index < -0.39 is 0 Å². The van der Waals surface area contributed by atoms with Crippen LogP contribution in [0.2, 0.25) is 0 Å². The number of ether oxygens (including phenoxy) is 1. The minimum atomic E-state index is -0.0185. The van der Waals surface area contributed by atoms with E-state index in [2.05, 4.69) is 40.2 Å². The Hall–Kier alpha value is -0.830. The van der Waals surface area contributed by atoms with Crippen LogP contribution >= 0.6 is 15.9 Å². The topological polar surface area (TPSA) is 26.3 Å². The normalized spacial score (nSPS) is 31.6. The third-order valence-electron chi connectivity index (χ3n) is 4.29. The van der Waals surface area contributed by atoms with Crippen molar-refractivity contribution < 1.29 is 9.53 Å². The van der Waals surface area contributed by atoms with E-state index in [0.29, 0.717) is 18.3 Å². The Balaban J connectivity index is 1.56. The average molecular weight is 309 g/mol. The van der Waals surface area contributed by atoms with Gasteiger partial charge in [0, 0.05) is 4.47 Å². The van der Waals surface area contributed by atoms with E-state index in [1.165, 1.54) is 31.2 Å². The van der Waals surface area contributed by atoms with Gasteiger partial charge in [-0.15, -0.1) is 0 Å². The molecule has 3 rings (SSSR count). The van der Waals surface area contributed by atoms with Crippen molar-refractivity contribution in [2.45, 2.75) is 44.1 Å². The van der Waals surface area contributed by atoms with Gasteiger partial charge in [-0.2, -0.15) is 0 Å². The van der Waals surface area contributed by atoms with Gasteiger partial charge in [-0.25, -0.2) is 0 Å². The van der Waals surface area contributed by atoms with Crippen molar-refractivity contribution in [1.29, 1.82) is 0 Å². The minimum absolute atomic E-state index is 0.0185. The van der Waals surface area contributed by atoms with Gasteiger partial charge in [0.15, 0.2) is 0 Å². The van der Waals surface area contributed by atoms with Crippen molar-refractivity contribution in [3.8, 4) is 0 Å². The van der Waals surface area contributed by atoms with E-state index >= 15 is 0 Å². The molecule has 0 aromatic heterocycles. The van der Waals surface area contributed by atoms with Crippen LogP contribution in [-0.2, 0) is 9.53 Å². The summed E-state index contributed by atoms with van der Waals surface area (Å²) in [5, 5.41) is 0. The first-order valence-corrected chi connectivity index (χ1v) is 7.46. The largest absolute Gasteiger partial charge is 0.461 e. The number of benzene rings is 1. The second-order valence-corrected chi connectivity index (χ2v) is 6.31. The lowest BCUT2D eigenvalue weighted by Crippen LogP contribution is -2.40.